The van der Waals surface area contributed by atoms with Crippen molar-refractivity contribution in [1.82, 2.24) is 25.5 Å². The molecule has 2 aromatic carbocycles. The minimum absolute atomic E-state index is 0.0494. The van der Waals surface area contributed by atoms with E-state index >= 15 is 0 Å². The zero-order chi connectivity index (χ0) is 19.9. The predicted octanol–water partition coefficient (Wildman–Crippen LogP) is 2.82. The molecule has 0 saturated carbocycles. The molecule has 1 atom stereocenters. The van der Waals surface area contributed by atoms with Crippen LogP contribution in [-0.4, -0.2) is 45.0 Å². The second kappa shape index (κ2) is 9.36. The molecule has 0 fully saturated rings. The summed E-state index contributed by atoms with van der Waals surface area (Å²) in [5, 5.41) is 15.1. The van der Waals surface area contributed by atoms with Crippen molar-refractivity contribution in [2.45, 2.75) is 30.7 Å². The van der Waals surface area contributed by atoms with Crippen LogP contribution in [0.4, 0.5) is 0 Å². The first-order chi connectivity index (χ1) is 13.6. The van der Waals surface area contributed by atoms with E-state index < -0.39 is 0 Å². The highest BCUT2D eigenvalue weighted by Gasteiger charge is 2.20. The van der Waals surface area contributed by atoms with E-state index in [-0.39, 0.29) is 11.2 Å². The molecule has 1 N–H and O–H groups in total. The number of thioether (sulfide) groups is 1. The van der Waals surface area contributed by atoms with Crippen LogP contribution in [0.2, 0.25) is 0 Å². The van der Waals surface area contributed by atoms with Gasteiger partial charge in [0.25, 0.3) is 0 Å². The monoisotopic (exact) mass is 397 g/mol. The number of nitrogens with zero attached hydrogens (tertiary/aromatic N) is 4. The second-order valence-corrected chi connectivity index (χ2v) is 7.64. The number of aromatic nitrogens is 4. The van der Waals surface area contributed by atoms with Gasteiger partial charge in [-0.25, -0.2) is 0 Å². The molecule has 0 aliphatic carbocycles. The Kier molecular flexibility index (Phi) is 6.65. The maximum Gasteiger partial charge on any atom is 0.233 e. The fourth-order valence-electron chi connectivity index (χ4n) is 2.70. The number of tetrazole rings is 1. The third-order valence-electron chi connectivity index (χ3n) is 4.21. The summed E-state index contributed by atoms with van der Waals surface area (Å²) in [6.07, 6.45) is 0.794. The summed E-state index contributed by atoms with van der Waals surface area (Å²) in [6.45, 7) is 4.42. The molecule has 8 heteroatoms. The third kappa shape index (κ3) is 4.89. The van der Waals surface area contributed by atoms with Crippen LogP contribution in [0.1, 0.15) is 18.1 Å². The van der Waals surface area contributed by atoms with E-state index in [1.54, 1.807) is 11.8 Å². The molecule has 7 nitrogen and oxygen atoms in total. The zero-order valence-electron chi connectivity index (χ0n) is 16.1. The van der Waals surface area contributed by atoms with Gasteiger partial charge in [-0.15, -0.1) is 5.10 Å². The van der Waals surface area contributed by atoms with Crippen molar-refractivity contribution in [3.8, 4) is 11.4 Å². The summed E-state index contributed by atoms with van der Waals surface area (Å²) in [7, 11) is 1.61. The highest BCUT2D eigenvalue weighted by molar-refractivity contribution is 8.00. The van der Waals surface area contributed by atoms with Gasteiger partial charge in [0.15, 0.2) is 0 Å². The van der Waals surface area contributed by atoms with Crippen LogP contribution in [0, 0.1) is 6.92 Å². The lowest BCUT2D eigenvalue weighted by Crippen LogP contribution is -2.32. The van der Waals surface area contributed by atoms with Crippen LogP contribution in [-0.2, 0) is 11.2 Å². The lowest BCUT2D eigenvalue weighted by molar-refractivity contribution is -0.120. The second-order valence-electron chi connectivity index (χ2n) is 6.34. The van der Waals surface area contributed by atoms with E-state index in [2.05, 4.69) is 20.8 Å². The molecule has 3 rings (SSSR count). The normalized spacial score (nSPS) is 11.8. The van der Waals surface area contributed by atoms with E-state index in [0.29, 0.717) is 17.5 Å². The van der Waals surface area contributed by atoms with Crippen LogP contribution in [0.25, 0.3) is 5.69 Å². The van der Waals surface area contributed by atoms with Gasteiger partial charge >= 0.3 is 0 Å². The standard InChI is InChI=1S/C20H23N5O2S/c1-14-9-10-18(27-3)17(13-14)25-20(22-23-24-25)28-15(2)19(26)21-12-11-16-7-5-4-6-8-16/h4-10,13,15H,11-12H2,1-3H3,(H,21,26)/t15-/m1/s1. The Hall–Kier alpha value is -2.87. The first-order valence-electron chi connectivity index (χ1n) is 9.00. The average Bonchev–Trinajstić information content (AvgIpc) is 3.16. The lowest BCUT2D eigenvalue weighted by atomic mass is 10.1. The van der Waals surface area contributed by atoms with Gasteiger partial charge in [-0.3, -0.25) is 4.79 Å². The number of carbonyl (C=O) groups excluding carboxylic acids is 1. The summed E-state index contributed by atoms with van der Waals surface area (Å²) < 4.78 is 7.02. The van der Waals surface area contributed by atoms with Gasteiger partial charge in [-0.05, 0) is 54.0 Å². The molecular weight excluding hydrogens is 374 g/mol. The number of hydrogen-bond acceptors (Lipinski definition) is 6. The van der Waals surface area contributed by atoms with Crippen molar-refractivity contribution in [3.63, 3.8) is 0 Å². The quantitative estimate of drug-likeness (QED) is 0.589. The summed E-state index contributed by atoms with van der Waals surface area (Å²) in [4.78, 5) is 12.5. The SMILES string of the molecule is COc1ccc(C)cc1-n1nnnc1S[C@H](C)C(=O)NCCc1ccccc1. The third-order valence-corrected chi connectivity index (χ3v) is 5.24. The number of nitrogens with one attached hydrogen (secondary N) is 1. The molecule has 0 radical (unpaired) electrons. The maximum absolute atomic E-state index is 12.5. The van der Waals surface area contributed by atoms with Gasteiger partial charge in [0.1, 0.15) is 11.4 Å². The van der Waals surface area contributed by atoms with Gasteiger partial charge in [-0.2, -0.15) is 4.68 Å². The fourth-order valence-corrected chi connectivity index (χ4v) is 3.52. The van der Waals surface area contributed by atoms with Gasteiger partial charge in [-0.1, -0.05) is 48.2 Å². The van der Waals surface area contributed by atoms with Crippen LogP contribution in [0.15, 0.2) is 53.7 Å². The summed E-state index contributed by atoms with van der Waals surface area (Å²) in [5.41, 5.74) is 3.00. The Labute approximate surface area is 168 Å². The van der Waals surface area contributed by atoms with Gasteiger partial charge in [0.05, 0.1) is 12.4 Å². The summed E-state index contributed by atoms with van der Waals surface area (Å²) in [6, 6.07) is 15.9. The molecule has 3 aromatic rings. The number of benzene rings is 2. The van der Waals surface area contributed by atoms with Crippen molar-refractivity contribution >= 4 is 17.7 Å². The molecule has 0 aliphatic rings. The fraction of sp³-hybridized carbons (Fsp3) is 0.300. The maximum atomic E-state index is 12.5. The number of carbonyl (C=O) groups is 1. The number of hydrogen-bond donors (Lipinski definition) is 1. The first kappa shape index (κ1) is 19.9. The summed E-state index contributed by atoms with van der Waals surface area (Å²) >= 11 is 1.31. The van der Waals surface area contributed by atoms with Crippen molar-refractivity contribution < 1.29 is 9.53 Å². The zero-order valence-corrected chi connectivity index (χ0v) is 16.9. The number of methoxy groups -OCH3 is 1. The Morgan fingerprint density at radius 2 is 2.04 bits per heavy atom. The van der Waals surface area contributed by atoms with Crippen molar-refractivity contribution in [3.05, 3.63) is 59.7 Å². The molecule has 0 unspecified atom stereocenters. The number of ether oxygens (including phenoxy) is 1. The molecule has 1 heterocycles. The molecule has 1 amide bonds. The van der Waals surface area contributed by atoms with E-state index in [1.165, 1.54) is 17.3 Å². The van der Waals surface area contributed by atoms with Crippen LogP contribution in [0.3, 0.4) is 0 Å². The average molecular weight is 398 g/mol. The van der Waals surface area contributed by atoms with Crippen LogP contribution >= 0.6 is 11.8 Å². The number of rotatable bonds is 8. The predicted molar refractivity (Wildman–Crippen MR) is 109 cm³/mol. The molecule has 0 aliphatic heterocycles. The van der Waals surface area contributed by atoms with E-state index in [4.69, 9.17) is 4.74 Å². The van der Waals surface area contributed by atoms with Crippen molar-refractivity contribution in [2.75, 3.05) is 13.7 Å². The largest absolute Gasteiger partial charge is 0.494 e. The van der Waals surface area contributed by atoms with Crippen molar-refractivity contribution in [1.29, 1.82) is 0 Å². The van der Waals surface area contributed by atoms with Crippen molar-refractivity contribution in [2.24, 2.45) is 0 Å². The van der Waals surface area contributed by atoms with Crippen LogP contribution < -0.4 is 10.1 Å². The topological polar surface area (TPSA) is 81.9 Å². The number of amides is 1. The Balaban J connectivity index is 1.64. The number of aryl methyl sites for hydroxylation is 1. The van der Waals surface area contributed by atoms with E-state index in [9.17, 15) is 4.79 Å². The Morgan fingerprint density at radius 1 is 1.25 bits per heavy atom. The van der Waals surface area contributed by atoms with E-state index in [1.807, 2.05) is 62.4 Å². The molecular formula is C20H23N5O2S. The highest BCUT2D eigenvalue weighted by Crippen LogP contribution is 2.28. The lowest BCUT2D eigenvalue weighted by Gasteiger charge is -2.13. The molecule has 0 spiro atoms. The minimum Gasteiger partial charge on any atom is -0.494 e. The van der Waals surface area contributed by atoms with Gasteiger partial charge in [0.2, 0.25) is 11.1 Å². The smallest absolute Gasteiger partial charge is 0.233 e. The van der Waals surface area contributed by atoms with Gasteiger partial charge < -0.3 is 10.1 Å². The molecule has 0 saturated heterocycles. The molecule has 146 valence electrons. The van der Waals surface area contributed by atoms with Crippen LogP contribution in [0.5, 0.6) is 5.75 Å². The highest BCUT2D eigenvalue weighted by atomic mass is 32.2. The summed E-state index contributed by atoms with van der Waals surface area (Å²) in [5.74, 6) is 0.617. The molecule has 28 heavy (non-hydrogen) atoms. The Morgan fingerprint density at radius 3 is 2.79 bits per heavy atom. The minimum atomic E-state index is -0.337. The Bertz CT molecular complexity index is 929. The van der Waals surface area contributed by atoms with E-state index in [0.717, 1.165) is 17.7 Å². The first-order valence-corrected chi connectivity index (χ1v) is 9.88. The molecule has 0 bridgehead atoms. The van der Waals surface area contributed by atoms with Gasteiger partial charge in [0, 0.05) is 6.54 Å². The molecule has 1 aromatic heterocycles.